The van der Waals surface area contributed by atoms with Crippen LogP contribution in [0.3, 0.4) is 0 Å². The van der Waals surface area contributed by atoms with Gasteiger partial charge in [0.05, 0.1) is 17.8 Å². The maximum atomic E-state index is 12.6. The van der Waals surface area contributed by atoms with Gasteiger partial charge < -0.3 is 9.26 Å². The van der Waals surface area contributed by atoms with Crippen molar-refractivity contribution in [1.29, 1.82) is 0 Å². The molecule has 170 valence electrons. The van der Waals surface area contributed by atoms with Crippen molar-refractivity contribution in [3.8, 4) is 22.5 Å². The van der Waals surface area contributed by atoms with E-state index in [9.17, 15) is 4.79 Å². The number of amides is 1. The highest BCUT2D eigenvalue weighted by molar-refractivity contribution is 5.73. The average Bonchev–Trinajstić information content (AvgIpc) is 3.57. The highest BCUT2D eigenvalue weighted by Crippen LogP contribution is 2.41. The van der Waals surface area contributed by atoms with Crippen molar-refractivity contribution in [2.24, 2.45) is 0 Å². The van der Waals surface area contributed by atoms with Crippen LogP contribution in [0.15, 0.2) is 83.4 Å². The molecule has 4 aromatic rings. The molecule has 5 heteroatoms. The molecule has 1 atom stereocenters. The summed E-state index contributed by atoms with van der Waals surface area (Å²) >= 11 is 0. The fourth-order valence-corrected chi connectivity index (χ4v) is 4.73. The van der Waals surface area contributed by atoms with Crippen molar-refractivity contribution in [2.45, 2.75) is 38.3 Å². The summed E-state index contributed by atoms with van der Waals surface area (Å²) in [4.78, 5) is 14.3. The summed E-state index contributed by atoms with van der Waals surface area (Å²) in [5.74, 6) is 1.42. The summed E-state index contributed by atoms with van der Waals surface area (Å²) in [7, 11) is 0. The highest BCUT2D eigenvalue weighted by atomic mass is 16.6. The number of cyclic esters (lactones) is 1. The molecule has 6 rings (SSSR count). The zero-order valence-electron chi connectivity index (χ0n) is 19.1. The first-order valence-electron chi connectivity index (χ1n) is 11.8. The van der Waals surface area contributed by atoms with Gasteiger partial charge in [0, 0.05) is 12.1 Å². The molecule has 0 spiro atoms. The number of hydrogen-bond acceptors (Lipinski definition) is 4. The zero-order valence-corrected chi connectivity index (χ0v) is 19.1. The Morgan fingerprint density at radius 2 is 1.53 bits per heavy atom. The largest absolute Gasteiger partial charge is 0.439 e. The molecule has 1 saturated carbocycles. The quantitative estimate of drug-likeness (QED) is 0.321. The number of ether oxygens (including phenoxy) is 1. The average molecular weight is 451 g/mol. The molecule has 2 heterocycles. The second-order valence-corrected chi connectivity index (χ2v) is 9.22. The standard InChI is InChI=1S/C29H26N2O3/c1-19-27(26-18-31(29(32)33-26)17-20-5-3-2-4-6-20)28(34-30-19)25-15-13-24(14-16-25)23-11-9-22(10-12-23)21-7-8-21/h2-6,9-16,21,26H,7-8,17-18H2,1H3. The Morgan fingerprint density at radius 3 is 2.21 bits per heavy atom. The molecule has 1 aliphatic heterocycles. The van der Waals surface area contributed by atoms with Crippen LogP contribution < -0.4 is 0 Å². The van der Waals surface area contributed by atoms with E-state index >= 15 is 0 Å². The minimum atomic E-state index is -0.410. The van der Waals surface area contributed by atoms with E-state index in [1.165, 1.54) is 24.0 Å². The Bertz CT molecular complexity index is 1310. The van der Waals surface area contributed by atoms with Crippen molar-refractivity contribution in [3.05, 3.63) is 101 Å². The zero-order chi connectivity index (χ0) is 23.1. The normalized spacial score (nSPS) is 17.7. The van der Waals surface area contributed by atoms with Gasteiger partial charge in [0.2, 0.25) is 0 Å². The highest BCUT2D eigenvalue weighted by Gasteiger charge is 2.36. The van der Waals surface area contributed by atoms with Crippen molar-refractivity contribution < 1.29 is 14.1 Å². The minimum Gasteiger partial charge on any atom is -0.439 e. The van der Waals surface area contributed by atoms with Gasteiger partial charge in [-0.05, 0) is 47.9 Å². The van der Waals surface area contributed by atoms with Crippen molar-refractivity contribution in [3.63, 3.8) is 0 Å². The summed E-state index contributed by atoms with van der Waals surface area (Å²) in [5, 5.41) is 4.20. The van der Waals surface area contributed by atoms with Gasteiger partial charge in [0.25, 0.3) is 0 Å². The van der Waals surface area contributed by atoms with E-state index in [0.717, 1.165) is 33.9 Å². The smallest absolute Gasteiger partial charge is 0.410 e. The molecule has 3 aromatic carbocycles. The topological polar surface area (TPSA) is 55.6 Å². The number of aromatic nitrogens is 1. The lowest BCUT2D eigenvalue weighted by molar-refractivity contribution is 0.132. The third kappa shape index (κ3) is 3.98. The molecular weight excluding hydrogens is 424 g/mol. The lowest BCUT2D eigenvalue weighted by atomic mass is 9.98. The SMILES string of the molecule is Cc1noc(-c2ccc(-c3ccc(C4CC4)cc3)cc2)c1C1CN(Cc2ccccc2)C(=O)O1. The summed E-state index contributed by atoms with van der Waals surface area (Å²) in [5.41, 5.74) is 7.38. The van der Waals surface area contributed by atoms with Gasteiger partial charge in [0.15, 0.2) is 11.9 Å². The van der Waals surface area contributed by atoms with Gasteiger partial charge in [-0.25, -0.2) is 4.79 Å². The number of nitrogens with zero attached hydrogens (tertiary/aromatic N) is 2. The van der Waals surface area contributed by atoms with Gasteiger partial charge in [0.1, 0.15) is 0 Å². The Kier molecular flexibility index (Phi) is 5.17. The van der Waals surface area contributed by atoms with Gasteiger partial charge in [-0.15, -0.1) is 0 Å². The van der Waals surface area contributed by atoms with E-state index in [-0.39, 0.29) is 6.09 Å². The summed E-state index contributed by atoms with van der Waals surface area (Å²) in [6, 6.07) is 27.1. The van der Waals surface area contributed by atoms with Crippen LogP contribution in [0.4, 0.5) is 4.79 Å². The van der Waals surface area contributed by atoms with Crippen molar-refractivity contribution >= 4 is 6.09 Å². The lowest BCUT2D eigenvalue weighted by Crippen LogP contribution is -2.23. The maximum absolute atomic E-state index is 12.6. The van der Waals surface area contributed by atoms with E-state index in [4.69, 9.17) is 9.26 Å². The van der Waals surface area contributed by atoms with E-state index in [0.29, 0.717) is 18.8 Å². The number of hydrogen-bond donors (Lipinski definition) is 0. The van der Waals surface area contributed by atoms with Crippen LogP contribution in [-0.2, 0) is 11.3 Å². The summed E-state index contributed by atoms with van der Waals surface area (Å²) in [6.07, 6.45) is 1.90. The fraction of sp³-hybridized carbons (Fsp3) is 0.241. The van der Waals surface area contributed by atoms with Gasteiger partial charge in [-0.1, -0.05) is 84.0 Å². The molecule has 2 aliphatic rings. The van der Waals surface area contributed by atoms with Crippen LogP contribution in [0.1, 0.15) is 47.2 Å². The Morgan fingerprint density at radius 1 is 0.882 bits per heavy atom. The molecule has 1 aromatic heterocycles. The first-order chi connectivity index (χ1) is 16.7. The van der Waals surface area contributed by atoms with E-state index in [2.05, 4.69) is 41.6 Å². The second-order valence-electron chi connectivity index (χ2n) is 9.22. The number of rotatable bonds is 6. The third-order valence-corrected chi connectivity index (χ3v) is 6.77. The predicted molar refractivity (Wildman–Crippen MR) is 130 cm³/mol. The van der Waals surface area contributed by atoms with Crippen molar-refractivity contribution in [1.82, 2.24) is 10.1 Å². The monoisotopic (exact) mass is 450 g/mol. The first kappa shape index (κ1) is 20.7. The summed E-state index contributed by atoms with van der Waals surface area (Å²) in [6.45, 7) is 2.88. The number of carbonyl (C=O) groups excluding carboxylic acids is 1. The molecule has 0 radical (unpaired) electrons. The number of carbonyl (C=O) groups is 1. The molecule has 0 N–H and O–H groups in total. The van der Waals surface area contributed by atoms with Crippen molar-refractivity contribution in [2.75, 3.05) is 6.54 Å². The molecule has 1 aliphatic carbocycles. The molecular formula is C29H26N2O3. The first-order valence-corrected chi connectivity index (χ1v) is 11.8. The summed E-state index contributed by atoms with van der Waals surface area (Å²) < 4.78 is 11.5. The van der Waals surface area contributed by atoms with E-state index in [1.54, 1.807) is 4.90 Å². The van der Waals surface area contributed by atoms with E-state index in [1.807, 2.05) is 49.4 Å². The Labute approximate surface area is 199 Å². The number of aryl methyl sites for hydroxylation is 1. The Balaban J connectivity index is 1.22. The van der Waals surface area contributed by atoms with Crippen LogP contribution >= 0.6 is 0 Å². The van der Waals surface area contributed by atoms with Crippen LogP contribution in [-0.4, -0.2) is 22.7 Å². The van der Waals surface area contributed by atoms with Crippen LogP contribution in [0.5, 0.6) is 0 Å². The van der Waals surface area contributed by atoms with Crippen LogP contribution in [0.25, 0.3) is 22.5 Å². The molecule has 2 fully saturated rings. The molecule has 1 amide bonds. The lowest BCUT2D eigenvalue weighted by Gasteiger charge is -2.13. The van der Waals surface area contributed by atoms with Gasteiger partial charge in [-0.2, -0.15) is 0 Å². The molecule has 34 heavy (non-hydrogen) atoms. The molecule has 0 bridgehead atoms. The molecule has 5 nitrogen and oxygen atoms in total. The van der Waals surface area contributed by atoms with E-state index < -0.39 is 6.10 Å². The second kappa shape index (κ2) is 8.49. The maximum Gasteiger partial charge on any atom is 0.410 e. The minimum absolute atomic E-state index is 0.314. The molecule has 1 saturated heterocycles. The van der Waals surface area contributed by atoms with Crippen LogP contribution in [0, 0.1) is 6.92 Å². The molecule has 1 unspecified atom stereocenters. The Hall–Kier alpha value is -3.86. The number of benzene rings is 3. The predicted octanol–water partition coefficient (Wildman–Crippen LogP) is 6.89. The third-order valence-electron chi connectivity index (χ3n) is 6.77. The van der Waals surface area contributed by atoms with Crippen LogP contribution in [0.2, 0.25) is 0 Å². The van der Waals surface area contributed by atoms with Gasteiger partial charge in [-0.3, -0.25) is 4.90 Å². The van der Waals surface area contributed by atoms with Gasteiger partial charge >= 0.3 is 6.09 Å². The fourth-order valence-electron chi connectivity index (χ4n) is 4.73.